The van der Waals surface area contributed by atoms with E-state index in [4.69, 9.17) is 5.10 Å². The Morgan fingerprint density at radius 1 is 1.03 bits per heavy atom. The van der Waals surface area contributed by atoms with Gasteiger partial charge in [0.1, 0.15) is 11.6 Å². The first-order valence-corrected chi connectivity index (χ1v) is 11.8. The molecular weight excluding hydrogens is 404 g/mol. The Labute approximate surface area is 175 Å². The van der Waals surface area contributed by atoms with Gasteiger partial charge in [-0.2, -0.15) is 8.82 Å². The van der Waals surface area contributed by atoms with Gasteiger partial charge in [-0.3, -0.25) is 0 Å². The number of nitrogens with zero attached hydrogens (tertiary/aromatic N) is 8. The molecule has 5 rings (SSSR count). The Balaban J connectivity index is 1.36. The number of anilines is 1. The molecule has 0 atom stereocenters. The van der Waals surface area contributed by atoms with E-state index < -0.39 is 10.0 Å². The first-order chi connectivity index (χ1) is 14.4. The monoisotopic (exact) mass is 430 g/mol. The van der Waals surface area contributed by atoms with Crippen LogP contribution in [0, 0.1) is 6.92 Å². The first kappa shape index (κ1) is 19.4. The van der Waals surface area contributed by atoms with Gasteiger partial charge >= 0.3 is 0 Å². The molecule has 0 radical (unpaired) electrons. The van der Waals surface area contributed by atoms with Crippen LogP contribution >= 0.6 is 0 Å². The fraction of sp³-hybridized carbons (Fsp3) is 0.579. The van der Waals surface area contributed by atoms with E-state index in [1.807, 2.05) is 16.6 Å². The molecule has 3 aromatic rings. The van der Waals surface area contributed by atoms with E-state index in [1.54, 1.807) is 24.7 Å². The number of imidazole rings is 1. The summed E-state index contributed by atoms with van der Waals surface area (Å²) >= 11 is 0. The molecular formula is C19H26N8O2S. The number of rotatable bonds is 4. The third-order valence-electron chi connectivity index (χ3n) is 6.21. The molecule has 2 fully saturated rings. The minimum absolute atomic E-state index is 0.116. The molecule has 1 aliphatic heterocycles. The second-order valence-electron chi connectivity index (χ2n) is 8.13. The number of sulfonamides is 1. The molecule has 11 heteroatoms. The van der Waals surface area contributed by atoms with E-state index in [1.165, 1.54) is 10.7 Å². The number of fused-ring (bicyclic) bond motifs is 1. The van der Waals surface area contributed by atoms with Crippen molar-refractivity contribution in [3.05, 3.63) is 30.0 Å². The largest absolute Gasteiger partial charge is 0.354 e. The van der Waals surface area contributed by atoms with Crippen LogP contribution in [0.2, 0.25) is 0 Å². The zero-order chi connectivity index (χ0) is 20.9. The van der Waals surface area contributed by atoms with Gasteiger partial charge in [0, 0.05) is 45.3 Å². The molecule has 1 saturated carbocycles. The summed E-state index contributed by atoms with van der Waals surface area (Å²) in [5.74, 6) is 2.88. The summed E-state index contributed by atoms with van der Waals surface area (Å²) in [7, 11) is -1.80. The van der Waals surface area contributed by atoms with Crippen LogP contribution in [0.15, 0.2) is 23.4 Å². The molecule has 0 unspecified atom stereocenters. The average Bonchev–Trinajstić information content (AvgIpc) is 3.13. The molecule has 2 aliphatic rings. The van der Waals surface area contributed by atoms with Gasteiger partial charge in [-0.25, -0.2) is 13.4 Å². The van der Waals surface area contributed by atoms with Gasteiger partial charge in [-0.15, -0.1) is 15.3 Å². The van der Waals surface area contributed by atoms with Crippen molar-refractivity contribution in [2.24, 2.45) is 7.05 Å². The van der Waals surface area contributed by atoms with Crippen molar-refractivity contribution in [3.8, 4) is 0 Å². The van der Waals surface area contributed by atoms with Crippen molar-refractivity contribution >= 4 is 21.5 Å². The van der Waals surface area contributed by atoms with Crippen LogP contribution in [0.5, 0.6) is 0 Å². The molecule has 0 spiro atoms. The molecule has 10 nitrogen and oxygen atoms in total. The third kappa shape index (κ3) is 3.25. The van der Waals surface area contributed by atoms with E-state index in [2.05, 4.69) is 20.1 Å². The SMILES string of the molecule is Cc1nc(S(=O)(=O)N2CCCN(c3ccc4nnc(C5CCC5)n4n3)CC2)cn1C. The zero-order valence-corrected chi connectivity index (χ0v) is 18.1. The van der Waals surface area contributed by atoms with E-state index in [0.717, 1.165) is 43.1 Å². The number of hydrogen-bond donors (Lipinski definition) is 0. The van der Waals surface area contributed by atoms with E-state index in [9.17, 15) is 8.42 Å². The van der Waals surface area contributed by atoms with Gasteiger partial charge in [-0.05, 0) is 38.3 Å². The predicted octanol–water partition coefficient (Wildman–Crippen LogP) is 1.33. The maximum absolute atomic E-state index is 13.0. The van der Waals surface area contributed by atoms with Crippen molar-refractivity contribution in [1.29, 1.82) is 0 Å². The zero-order valence-electron chi connectivity index (χ0n) is 17.3. The second-order valence-corrected chi connectivity index (χ2v) is 10.0. The van der Waals surface area contributed by atoms with Crippen LogP contribution in [0.1, 0.15) is 43.3 Å². The highest BCUT2D eigenvalue weighted by Gasteiger charge is 2.30. The summed E-state index contributed by atoms with van der Waals surface area (Å²) in [4.78, 5) is 6.37. The molecule has 0 aromatic carbocycles. The highest BCUT2D eigenvalue weighted by Crippen LogP contribution is 2.35. The molecule has 0 N–H and O–H groups in total. The van der Waals surface area contributed by atoms with Gasteiger partial charge < -0.3 is 9.47 Å². The lowest BCUT2D eigenvalue weighted by atomic mass is 9.85. The Hall–Kier alpha value is -2.53. The molecule has 1 aliphatic carbocycles. The van der Waals surface area contributed by atoms with Crippen LogP contribution < -0.4 is 4.90 Å². The molecule has 4 heterocycles. The summed E-state index contributed by atoms with van der Waals surface area (Å²) in [5, 5.41) is 13.5. The van der Waals surface area contributed by atoms with Crippen molar-refractivity contribution in [1.82, 2.24) is 33.7 Å². The van der Waals surface area contributed by atoms with Gasteiger partial charge in [0.15, 0.2) is 16.5 Å². The lowest BCUT2D eigenvalue weighted by Gasteiger charge is -2.24. The first-order valence-electron chi connectivity index (χ1n) is 10.4. The summed E-state index contributed by atoms with van der Waals surface area (Å²) in [5.41, 5.74) is 0.755. The highest BCUT2D eigenvalue weighted by molar-refractivity contribution is 7.89. The number of aryl methyl sites for hydroxylation is 2. The average molecular weight is 431 g/mol. The maximum Gasteiger partial charge on any atom is 0.262 e. The highest BCUT2D eigenvalue weighted by atomic mass is 32.2. The van der Waals surface area contributed by atoms with Gasteiger partial charge in [0.25, 0.3) is 10.0 Å². The number of hydrogen-bond acceptors (Lipinski definition) is 7. The Morgan fingerprint density at radius 3 is 2.57 bits per heavy atom. The van der Waals surface area contributed by atoms with E-state index in [-0.39, 0.29) is 5.03 Å². The molecule has 1 saturated heterocycles. The topological polar surface area (TPSA) is 102 Å². The van der Waals surface area contributed by atoms with E-state index >= 15 is 0 Å². The van der Waals surface area contributed by atoms with Crippen molar-refractivity contribution < 1.29 is 8.42 Å². The molecule has 160 valence electrons. The summed E-state index contributed by atoms with van der Waals surface area (Å²) in [6, 6.07) is 3.88. The standard InChI is InChI=1S/C19H26N8O2S/c1-14-20-18(13-24(14)2)30(28,29)26-10-4-9-25(11-12-26)17-8-7-16-21-22-19(27(16)23-17)15-5-3-6-15/h7-8,13,15H,3-6,9-12H2,1-2H3. The Morgan fingerprint density at radius 2 is 1.87 bits per heavy atom. The summed E-state index contributed by atoms with van der Waals surface area (Å²) in [6.07, 6.45) is 5.80. The van der Waals surface area contributed by atoms with Crippen LogP contribution in [-0.4, -0.2) is 68.3 Å². The smallest absolute Gasteiger partial charge is 0.262 e. The number of aromatic nitrogens is 6. The van der Waals surface area contributed by atoms with Gasteiger partial charge in [0.2, 0.25) is 0 Å². The maximum atomic E-state index is 13.0. The summed E-state index contributed by atoms with van der Waals surface area (Å²) in [6.45, 7) is 3.98. The fourth-order valence-electron chi connectivity index (χ4n) is 4.03. The van der Waals surface area contributed by atoms with Crippen molar-refractivity contribution in [2.45, 2.75) is 43.6 Å². The normalized spacial score (nSPS) is 19.2. The lowest BCUT2D eigenvalue weighted by Crippen LogP contribution is -2.35. The second kappa shape index (κ2) is 7.31. The van der Waals surface area contributed by atoms with Crippen LogP contribution in [0.25, 0.3) is 5.65 Å². The van der Waals surface area contributed by atoms with Gasteiger partial charge in [-0.1, -0.05) is 6.42 Å². The van der Waals surface area contributed by atoms with Crippen molar-refractivity contribution in [2.75, 3.05) is 31.1 Å². The Kier molecular flexibility index (Phi) is 4.73. The molecule has 30 heavy (non-hydrogen) atoms. The molecule has 3 aromatic heterocycles. The van der Waals surface area contributed by atoms with E-state index in [0.29, 0.717) is 31.4 Å². The van der Waals surface area contributed by atoms with Crippen LogP contribution in [0.4, 0.5) is 5.82 Å². The quantitative estimate of drug-likeness (QED) is 0.615. The van der Waals surface area contributed by atoms with Crippen molar-refractivity contribution in [3.63, 3.8) is 0 Å². The predicted molar refractivity (Wildman–Crippen MR) is 111 cm³/mol. The fourth-order valence-corrected chi connectivity index (χ4v) is 5.53. The Bertz CT molecular complexity index is 1160. The lowest BCUT2D eigenvalue weighted by molar-refractivity contribution is 0.395. The van der Waals surface area contributed by atoms with Crippen LogP contribution in [-0.2, 0) is 17.1 Å². The minimum Gasteiger partial charge on any atom is -0.354 e. The summed E-state index contributed by atoms with van der Waals surface area (Å²) < 4.78 is 31.2. The molecule has 0 bridgehead atoms. The van der Waals surface area contributed by atoms with Gasteiger partial charge in [0.05, 0.1) is 0 Å². The third-order valence-corrected chi connectivity index (χ3v) is 7.98. The minimum atomic E-state index is -3.60. The van der Waals surface area contributed by atoms with Crippen LogP contribution in [0.3, 0.4) is 0 Å². The molecule has 0 amide bonds.